The van der Waals surface area contributed by atoms with E-state index >= 15 is 0 Å². The van der Waals surface area contributed by atoms with E-state index < -0.39 is 0 Å². The number of piperidine rings is 1. The van der Waals surface area contributed by atoms with Gasteiger partial charge in [-0.3, -0.25) is 9.69 Å². The first kappa shape index (κ1) is 18.9. The molecule has 1 aromatic rings. The summed E-state index contributed by atoms with van der Waals surface area (Å²) in [6.07, 6.45) is 2.36. The molecule has 22 heavy (non-hydrogen) atoms. The number of nitrogens with zero attached hydrogens (tertiary/aromatic N) is 2. The standard InChI is InChI=1S/C17H27N3O.ClH/c1-14(2)20(16-9-5-4-6-10-16)17(21)13-19-11-7-8-15(12-19)18-3;/h4-6,9-10,14-15,18H,7-8,11-13H2,1-3H3;1H. The summed E-state index contributed by atoms with van der Waals surface area (Å²) in [4.78, 5) is 16.9. The molecular formula is C17H28ClN3O. The van der Waals surface area contributed by atoms with Crippen LogP contribution in [0.1, 0.15) is 26.7 Å². The Bertz CT molecular complexity index is 452. The normalized spacial score (nSPS) is 18.8. The molecule has 0 radical (unpaired) electrons. The lowest BCUT2D eigenvalue weighted by atomic mass is 10.1. The molecule has 4 nitrogen and oxygen atoms in total. The van der Waals surface area contributed by atoms with E-state index in [-0.39, 0.29) is 24.4 Å². The summed E-state index contributed by atoms with van der Waals surface area (Å²) in [5, 5.41) is 3.32. The third-order valence-corrected chi connectivity index (χ3v) is 4.09. The monoisotopic (exact) mass is 325 g/mol. The van der Waals surface area contributed by atoms with E-state index in [0.717, 1.165) is 25.2 Å². The molecule has 124 valence electrons. The molecule has 5 heteroatoms. The average molecular weight is 326 g/mol. The predicted molar refractivity (Wildman–Crippen MR) is 94.8 cm³/mol. The van der Waals surface area contributed by atoms with E-state index in [1.807, 2.05) is 42.3 Å². The largest absolute Gasteiger partial charge is 0.316 e. The summed E-state index contributed by atoms with van der Waals surface area (Å²) < 4.78 is 0. The van der Waals surface area contributed by atoms with Gasteiger partial charge in [0.1, 0.15) is 0 Å². The van der Waals surface area contributed by atoms with Gasteiger partial charge in [0.05, 0.1) is 6.54 Å². The van der Waals surface area contributed by atoms with E-state index in [1.165, 1.54) is 6.42 Å². The van der Waals surface area contributed by atoms with Gasteiger partial charge >= 0.3 is 0 Å². The molecule has 0 bridgehead atoms. The number of carbonyl (C=O) groups is 1. The van der Waals surface area contributed by atoms with Crippen LogP contribution < -0.4 is 10.2 Å². The first-order valence-electron chi connectivity index (χ1n) is 7.88. The highest BCUT2D eigenvalue weighted by atomic mass is 35.5. The first-order valence-corrected chi connectivity index (χ1v) is 7.88. The number of amides is 1. The van der Waals surface area contributed by atoms with Crippen LogP contribution in [0.15, 0.2) is 30.3 Å². The SMILES string of the molecule is CNC1CCCN(CC(=O)N(c2ccccc2)C(C)C)C1.Cl. The number of benzene rings is 1. The molecule has 0 spiro atoms. The summed E-state index contributed by atoms with van der Waals surface area (Å²) in [6, 6.07) is 10.6. The highest BCUT2D eigenvalue weighted by molar-refractivity contribution is 5.95. The molecule has 1 N–H and O–H groups in total. The molecule has 1 aliphatic heterocycles. The third kappa shape index (κ3) is 4.97. The minimum Gasteiger partial charge on any atom is -0.316 e. The number of likely N-dealkylation sites (tertiary alicyclic amines) is 1. The van der Waals surface area contributed by atoms with Gasteiger partial charge in [0.15, 0.2) is 0 Å². The van der Waals surface area contributed by atoms with Crippen molar-refractivity contribution in [1.82, 2.24) is 10.2 Å². The molecule has 1 amide bonds. The topological polar surface area (TPSA) is 35.6 Å². The fraction of sp³-hybridized carbons (Fsp3) is 0.588. The maximum absolute atomic E-state index is 12.7. The molecule has 0 aliphatic carbocycles. The molecule has 1 saturated heterocycles. The van der Waals surface area contributed by atoms with Crippen LogP contribution in [0, 0.1) is 0 Å². The van der Waals surface area contributed by atoms with Gasteiger partial charge < -0.3 is 10.2 Å². The number of halogens is 1. The Morgan fingerprint density at radius 1 is 1.36 bits per heavy atom. The van der Waals surface area contributed by atoms with Gasteiger partial charge in [-0.2, -0.15) is 0 Å². The predicted octanol–water partition coefficient (Wildman–Crippen LogP) is 2.53. The van der Waals surface area contributed by atoms with Gasteiger partial charge in [0.2, 0.25) is 5.91 Å². The van der Waals surface area contributed by atoms with Crippen LogP contribution in [0.5, 0.6) is 0 Å². The number of rotatable bonds is 5. The average Bonchev–Trinajstić information content (AvgIpc) is 2.48. The van der Waals surface area contributed by atoms with Crippen molar-refractivity contribution in [3.05, 3.63) is 30.3 Å². The molecule has 1 aliphatic rings. The Kier molecular flexibility index (Phi) is 7.87. The van der Waals surface area contributed by atoms with E-state index in [2.05, 4.69) is 24.1 Å². The van der Waals surface area contributed by atoms with Gasteiger partial charge in [-0.25, -0.2) is 0 Å². The quantitative estimate of drug-likeness (QED) is 0.903. The van der Waals surface area contributed by atoms with Gasteiger partial charge in [-0.15, -0.1) is 12.4 Å². The van der Waals surface area contributed by atoms with Crippen molar-refractivity contribution in [3.8, 4) is 0 Å². The van der Waals surface area contributed by atoms with Crippen molar-refractivity contribution in [3.63, 3.8) is 0 Å². The smallest absolute Gasteiger partial charge is 0.241 e. The number of likely N-dealkylation sites (N-methyl/N-ethyl adjacent to an activating group) is 1. The summed E-state index contributed by atoms with van der Waals surface area (Å²) in [6.45, 7) is 6.62. The molecule has 1 unspecified atom stereocenters. The molecule has 0 saturated carbocycles. The lowest BCUT2D eigenvalue weighted by Crippen LogP contribution is -2.50. The van der Waals surface area contributed by atoms with Crippen LogP contribution in [0.4, 0.5) is 5.69 Å². The fourth-order valence-corrected chi connectivity index (χ4v) is 3.02. The summed E-state index contributed by atoms with van der Waals surface area (Å²) in [5.41, 5.74) is 0.986. The summed E-state index contributed by atoms with van der Waals surface area (Å²) in [7, 11) is 2.00. The zero-order valence-electron chi connectivity index (χ0n) is 13.8. The number of carbonyl (C=O) groups excluding carboxylic acids is 1. The molecule has 1 aromatic carbocycles. The zero-order chi connectivity index (χ0) is 15.2. The van der Waals surface area contributed by atoms with Crippen molar-refractivity contribution < 1.29 is 4.79 Å². The van der Waals surface area contributed by atoms with Crippen LogP contribution in [0.3, 0.4) is 0 Å². The molecule has 1 heterocycles. The van der Waals surface area contributed by atoms with Crippen molar-refractivity contribution in [1.29, 1.82) is 0 Å². The highest BCUT2D eigenvalue weighted by Gasteiger charge is 2.24. The van der Waals surface area contributed by atoms with Crippen molar-refractivity contribution in [2.45, 2.75) is 38.8 Å². The molecule has 2 rings (SSSR count). The Morgan fingerprint density at radius 3 is 2.64 bits per heavy atom. The zero-order valence-corrected chi connectivity index (χ0v) is 14.6. The van der Waals surface area contributed by atoms with Crippen molar-refractivity contribution in [2.75, 3.05) is 31.6 Å². The maximum atomic E-state index is 12.7. The molecule has 0 aromatic heterocycles. The minimum absolute atomic E-state index is 0. The Hall–Kier alpha value is -1.10. The lowest BCUT2D eigenvalue weighted by molar-refractivity contribution is -0.120. The lowest BCUT2D eigenvalue weighted by Gasteiger charge is -2.34. The second-order valence-corrected chi connectivity index (χ2v) is 6.06. The summed E-state index contributed by atoms with van der Waals surface area (Å²) in [5.74, 6) is 0.188. The Labute approximate surface area is 140 Å². The Balaban J connectivity index is 0.00000242. The maximum Gasteiger partial charge on any atom is 0.241 e. The van der Waals surface area contributed by atoms with Crippen LogP contribution in [0.2, 0.25) is 0 Å². The van der Waals surface area contributed by atoms with Crippen LogP contribution in [-0.2, 0) is 4.79 Å². The van der Waals surface area contributed by atoms with Crippen molar-refractivity contribution >= 4 is 24.0 Å². The molecule has 1 fully saturated rings. The minimum atomic E-state index is 0. The first-order chi connectivity index (χ1) is 10.1. The van der Waals surface area contributed by atoms with Gasteiger partial charge in [0.25, 0.3) is 0 Å². The molecular weight excluding hydrogens is 298 g/mol. The van der Waals surface area contributed by atoms with E-state index in [4.69, 9.17) is 0 Å². The van der Waals surface area contributed by atoms with E-state index in [0.29, 0.717) is 12.6 Å². The Morgan fingerprint density at radius 2 is 2.05 bits per heavy atom. The van der Waals surface area contributed by atoms with Gasteiger partial charge in [-0.05, 0) is 52.4 Å². The van der Waals surface area contributed by atoms with Crippen LogP contribution in [0.25, 0.3) is 0 Å². The number of para-hydroxylation sites is 1. The highest BCUT2D eigenvalue weighted by Crippen LogP contribution is 2.18. The molecule has 1 atom stereocenters. The second-order valence-electron chi connectivity index (χ2n) is 6.06. The van der Waals surface area contributed by atoms with E-state index in [1.54, 1.807) is 0 Å². The fourth-order valence-electron chi connectivity index (χ4n) is 3.02. The number of nitrogens with one attached hydrogen (secondary N) is 1. The third-order valence-electron chi connectivity index (χ3n) is 4.09. The second kappa shape index (κ2) is 9.13. The van der Waals surface area contributed by atoms with E-state index in [9.17, 15) is 4.79 Å². The number of hydrogen-bond donors (Lipinski definition) is 1. The van der Waals surface area contributed by atoms with Crippen LogP contribution >= 0.6 is 12.4 Å². The van der Waals surface area contributed by atoms with Crippen molar-refractivity contribution in [2.24, 2.45) is 0 Å². The summed E-state index contributed by atoms with van der Waals surface area (Å²) >= 11 is 0. The van der Waals surface area contributed by atoms with Crippen LogP contribution in [-0.4, -0.2) is 49.6 Å². The number of anilines is 1. The number of hydrogen-bond acceptors (Lipinski definition) is 3. The van der Waals surface area contributed by atoms with Gasteiger partial charge in [0, 0.05) is 24.3 Å². The van der Waals surface area contributed by atoms with Gasteiger partial charge in [-0.1, -0.05) is 18.2 Å².